The maximum atomic E-state index is 12.2. The Bertz CT molecular complexity index is 1550. The lowest BCUT2D eigenvalue weighted by Gasteiger charge is -2.58. The van der Waals surface area contributed by atoms with E-state index in [1.165, 1.54) is 94.6 Å². The Balaban J connectivity index is 1.10. The molecule has 2 aromatic carbocycles. The van der Waals surface area contributed by atoms with Gasteiger partial charge in [0.1, 0.15) is 13.1 Å². The zero-order valence-electron chi connectivity index (χ0n) is 35.5. The average Bonchev–Trinajstić information content (AvgIpc) is 3.43. The minimum atomic E-state index is -0.302. The number of methoxy groups -OCH3 is 4. The van der Waals surface area contributed by atoms with Crippen LogP contribution < -0.4 is 28.4 Å². The third-order valence-corrected chi connectivity index (χ3v) is 15.7. The van der Waals surface area contributed by atoms with E-state index in [1.54, 1.807) is 42.3 Å². The molecule has 5 fully saturated rings. The van der Waals surface area contributed by atoms with Gasteiger partial charge in [-0.1, -0.05) is 33.1 Å². The number of quaternary nitrogens is 2. The second-order valence-corrected chi connectivity index (χ2v) is 18.2. The maximum Gasteiger partial charge on any atom is 0.311 e. The van der Waals surface area contributed by atoms with Gasteiger partial charge in [-0.25, -0.2) is 0 Å². The Labute approximate surface area is 335 Å². The van der Waals surface area contributed by atoms with Crippen molar-refractivity contribution in [2.75, 3.05) is 42.5 Å². The maximum absolute atomic E-state index is 12.2. The first-order valence-electron chi connectivity index (χ1n) is 21.6. The molecule has 4 bridgehead atoms. The highest BCUT2D eigenvalue weighted by Gasteiger charge is 2.61. The first-order valence-corrected chi connectivity index (χ1v) is 21.6. The molecular weight excluding hydrogens is 709 g/mol. The van der Waals surface area contributed by atoms with Crippen LogP contribution in [-0.4, -0.2) is 87.6 Å². The monoisotopic (exact) mass is 776 g/mol. The van der Waals surface area contributed by atoms with E-state index in [-0.39, 0.29) is 24.8 Å². The fourth-order valence-corrected chi connectivity index (χ4v) is 12.7. The lowest BCUT2D eigenvalue weighted by molar-refractivity contribution is -0.963. The standard InChI is InChI=1S/C46H68N2O8/c1-9-42(49)55-44-38(51-5)20-30(21-39(44)52-6)28-47(3)34-14-15-35(47)25-32(24-34)46(18-12-11-13-19-46)33-26-36-16-17-37(27-33)48(36,4)29-31-22-40(53-7)45(41(23-31)54-8)56-43(50)10-2/h20-23,32-37H,9-19,24-29H2,1-8H3/q+2. The number of rotatable bonds is 14. The van der Waals surface area contributed by atoms with Gasteiger partial charge in [0, 0.05) is 75.3 Å². The highest BCUT2D eigenvalue weighted by atomic mass is 16.6. The van der Waals surface area contributed by atoms with E-state index in [9.17, 15) is 9.59 Å². The number of hydrogen-bond donors (Lipinski definition) is 0. The fourth-order valence-electron chi connectivity index (χ4n) is 12.7. The van der Waals surface area contributed by atoms with Crippen LogP contribution in [0.1, 0.15) is 121 Å². The molecule has 308 valence electrons. The lowest BCUT2D eigenvalue weighted by Crippen LogP contribution is -2.62. The molecule has 4 heterocycles. The average molecular weight is 777 g/mol. The van der Waals surface area contributed by atoms with Crippen molar-refractivity contribution in [1.29, 1.82) is 0 Å². The first kappa shape index (κ1) is 40.7. The summed E-state index contributed by atoms with van der Waals surface area (Å²) in [7, 11) is 11.5. The Kier molecular flexibility index (Phi) is 11.9. The van der Waals surface area contributed by atoms with Crippen LogP contribution >= 0.6 is 0 Å². The lowest BCUT2D eigenvalue weighted by atomic mass is 9.53. The SMILES string of the molecule is CCC(=O)Oc1c(OC)cc(C[N+]2(C)C3CCC2CC(C2(C4CC5CCC(C4)[N+]5(C)Cc4cc(OC)c(OC(=O)CC)c(OC)c4)CCCCC2)C3)cc1OC. The zero-order valence-corrected chi connectivity index (χ0v) is 35.5. The molecular formula is C46H68N2O8+2. The molecule has 0 spiro atoms. The molecule has 56 heavy (non-hydrogen) atoms. The van der Waals surface area contributed by atoms with Crippen molar-refractivity contribution in [3.05, 3.63) is 35.4 Å². The number of fused-ring (bicyclic) bond motifs is 4. The molecule has 10 nitrogen and oxygen atoms in total. The number of benzene rings is 2. The van der Waals surface area contributed by atoms with Crippen LogP contribution in [0.3, 0.4) is 0 Å². The van der Waals surface area contributed by atoms with Crippen molar-refractivity contribution in [3.63, 3.8) is 0 Å². The third kappa shape index (κ3) is 7.27. The van der Waals surface area contributed by atoms with Gasteiger partial charge in [0.15, 0.2) is 23.0 Å². The van der Waals surface area contributed by atoms with Crippen molar-refractivity contribution < 1.29 is 47.0 Å². The molecule has 4 saturated heterocycles. The fraction of sp³-hybridized carbons (Fsp3) is 0.696. The Morgan fingerprint density at radius 3 is 1.18 bits per heavy atom. The molecule has 2 aromatic rings. The van der Waals surface area contributed by atoms with Crippen LogP contribution in [0.2, 0.25) is 0 Å². The van der Waals surface area contributed by atoms with Crippen LogP contribution in [0.15, 0.2) is 24.3 Å². The van der Waals surface area contributed by atoms with E-state index < -0.39 is 0 Å². The smallest absolute Gasteiger partial charge is 0.311 e. The quantitative estimate of drug-likeness (QED) is 0.107. The van der Waals surface area contributed by atoms with E-state index >= 15 is 0 Å². The normalized spacial score (nSPS) is 31.7. The summed E-state index contributed by atoms with van der Waals surface area (Å²) in [4.78, 5) is 24.5. The number of hydrogen-bond acceptors (Lipinski definition) is 8. The van der Waals surface area contributed by atoms with Gasteiger partial charge in [0.2, 0.25) is 11.5 Å². The van der Waals surface area contributed by atoms with Crippen molar-refractivity contribution in [2.45, 2.75) is 147 Å². The molecule has 1 saturated carbocycles. The Hall–Kier alpha value is -3.50. The molecule has 5 aliphatic rings. The molecule has 4 atom stereocenters. The summed E-state index contributed by atoms with van der Waals surface area (Å²) < 4.78 is 36.5. The van der Waals surface area contributed by atoms with Crippen LogP contribution in [0, 0.1) is 17.3 Å². The third-order valence-electron chi connectivity index (χ3n) is 15.7. The predicted octanol–water partition coefficient (Wildman–Crippen LogP) is 8.78. The van der Waals surface area contributed by atoms with E-state index in [1.807, 2.05) is 0 Å². The minimum absolute atomic E-state index is 0.287. The Morgan fingerprint density at radius 2 is 0.893 bits per heavy atom. The topological polar surface area (TPSA) is 89.5 Å². The van der Waals surface area contributed by atoms with Crippen LogP contribution in [0.25, 0.3) is 0 Å². The van der Waals surface area contributed by atoms with Gasteiger partial charge in [-0.3, -0.25) is 9.59 Å². The molecule has 0 aromatic heterocycles. The van der Waals surface area contributed by atoms with Crippen LogP contribution in [0.5, 0.6) is 34.5 Å². The number of esters is 2. The number of piperidine rings is 2. The number of carbonyl (C=O) groups is 2. The minimum Gasteiger partial charge on any atom is -0.493 e. The number of carbonyl (C=O) groups excluding carboxylic acids is 2. The Morgan fingerprint density at radius 1 is 0.571 bits per heavy atom. The van der Waals surface area contributed by atoms with E-state index in [4.69, 9.17) is 28.4 Å². The molecule has 1 aliphatic carbocycles. The van der Waals surface area contributed by atoms with E-state index in [0.717, 1.165) is 33.9 Å². The number of nitrogens with zero attached hydrogens (tertiary/aromatic N) is 2. The van der Waals surface area contributed by atoms with Crippen molar-refractivity contribution in [2.24, 2.45) is 17.3 Å². The van der Waals surface area contributed by atoms with Gasteiger partial charge in [-0.2, -0.15) is 0 Å². The summed E-state index contributed by atoms with van der Waals surface area (Å²) in [5.41, 5.74) is 2.78. The van der Waals surface area contributed by atoms with Crippen molar-refractivity contribution in [3.8, 4) is 34.5 Å². The molecule has 0 N–H and O–H groups in total. The second kappa shape index (κ2) is 16.4. The summed E-state index contributed by atoms with van der Waals surface area (Å²) in [6.07, 6.45) is 17.9. The van der Waals surface area contributed by atoms with Gasteiger partial charge >= 0.3 is 11.9 Å². The molecule has 4 aliphatic heterocycles. The molecule has 4 unspecified atom stereocenters. The van der Waals surface area contributed by atoms with Gasteiger partial charge < -0.3 is 37.4 Å². The van der Waals surface area contributed by atoms with Crippen LogP contribution in [0.4, 0.5) is 0 Å². The van der Waals surface area contributed by atoms with E-state index in [2.05, 4.69) is 38.4 Å². The largest absolute Gasteiger partial charge is 0.493 e. The van der Waals surface area contributed by atoms with Gasteiger partial charge in [0.25, 0.3) is 0 Å². The zero-order chi connectivity index (χ0) is 39.8. The summed E-state index contributed by atoms with van der Waals surface area (Å²) in [5.74, 6) is 3.92. The van der Waals surface area contributed by atoms with Gasteiger partial charge in [0.05, 0.1) is 66.7 Å². The summed E-state index contributed by atoms with van der Waals surface area (Å²) >= 11 is 0. The van der Waals surface area contributed by atoms with Gasteiger partial charge in [-0.05, 0) is 54.4 Å². The number of ether oxygens (including phenoxy) is 6. The summed E-state index contributed by atoms with van der Waals surface area (Å²) in [5, 5.41) is 0. The highest BCUT2D eigenvalue weighted by Crippen LogP contribution is 2.62. The molecule has 0 amide bonds. The van der Waals surface area contributed by atoms with Crippen molar-refractivity contribution in [1.82, 2.24) is 0 Å². The summed E-state index contributed by atoms with van der Waals surface area (Å²) in [6, 6.07) is 10.8. The highest BCUT2D eigenvalue weighted by molar-refractivity contribution is 5.75. The molecule has 7 rings (SSSR count). The van der Waals surface area contributed by atoms with Gasteiger partial charge in [-0.15, -0.1) is 0 Å². The second-order valence-electron chi connectivity index (χ2n) is 18.2. The molecule has 10 heteroatoms. The predicted molar refractivity (Wildman–Crippen MR) is 215 cm³/mol. The van der Waals surface area contributed by atoms with E-state index in [0.29, 0.717) is 64.1 Å². The van der Waals surface area contributed by atoms with Crippen molar-refractivity contribution >= 4 is 11.9 Å². The molecule has 0 radical (unpaired) electrons. The summed E-state index contributed by atoms with van der Waals surface area (Å²) in [6.45, 7) is 5.43. The van der Waals surface area contributed by atoms with Crippen LogP contribution in [-0.2, 0) is 22.7 Å². The first-order chi connectivity index (χ1) is 26.9.